The highest BCUT2D eigenvalue weighted by Crippen LogP contribution is 2.23. The Morgan fingerprint density at radius 2 is 2.14 bits per heavy atom. The smallest absolute Gasteiger partial charge is 0.252 e. The maximum absolute atomic E-state index is 12.1. The molecule has 0 radical (unpaired) electrons. The van der Waals surface area contributed by atoms with Crippen LogP contribution < -0.4 is 10.9 Å². The van der Waals surface area contributed by atoms with E-state index in [9.17, 15) is 4.79 Å². The summed E-state index contributed by atoms with van der Waals surface area (Å²) in [5, 5.41) is 4.72. The summed E-state index contributed by atoms with van der Waals surface area (Å²) in [6.45, 7) is 5.54. The van der Waals surface area contributed by atoms with E-state index in [0.29, 0.717) is 6.04 Å². The number of rotatable bonds is 3. The van der Waals surface area contributed by atoms with E-state index in [4.69, 9.17) is 0 Å². The van der Waals surface area contributed by atoms with Crippen molar-refractivity contribution in [3.63, 3.8) is 0 Å². The SMILES string of the molecule is CCN1CCCC(Nc2cc(=O)n(C)c3ccccc23)C1. The van der Waals surface area contributed by atoms with E-state index < -0.39 is 0 Å². The fraction of sp³-hybridized carbons (Fsp3) is 0.471. The van der Waals surface area contributed by atoms with Crippen LogP contribution in [-0.4, -0.2) is 35.1 Å². The van der Waals surface area contributed by atoms with Gasteiger partial charge in [0.15, 0.2) is 0 Å². The number of likely N-dealkylation sites (tertiary alicyclic amines) is 1. The Morgan fingerprint density at radius 1 is 1.33 bits per heavy atom. The average molecular weight is 285 g/mol. The number of pyridine rings is 1. The maximum Gasteiger partial charge on any atom is 0.252 e. The van der Waals surface area contributed by atoms with Crippen LogP contribution in [0.25, 0.3) is 10.9 Å². The number of piperidine rings is 1. The summed E-state index contributed by atoms with van der Waals surface area (Å²) < 4.78 is 1.71. The first-order valence-corrected chi connectivity index (χ1v) is 7.76. The summed E-state index contributed by atoms with van der Waals surface area (Å²) >= 11 is 0. The molecular weight excluding hydrogens is 262 g/mol. The van der Waals surface area contributed by atoms with Crippen LogP contribution in [0, 0.1) is 0 Å². The number of hydrogen-bond acceptors (Lipinski definition) is 3. The van der Waals surface area contributed by atoms with Gasteiger partial charge in [-0.1, -0.05) is 25.1 Å². The molecule has 2 heterocycles. The molecule has 1 aromatic heterocycles. The third-order valence-corrected chi connectivity index (χ3v) is 4.47. The first-order chi connectivity index (χ1) is 10.2. The molecule has 1 saturated heterocycles. The van der Waals surface area contributed by atoms with E-state index in [1.54, 1.807) is 10.6 Å². The van der Waals surface area contributed by atoms with Gasteiger partial charge >= 0.3 is 0 Å². The van der Waals surface area contributed by atoms with E-state index in [1.165, 1.54) is 19.4 Å². The van der Waals surface area contributed by atoms with Gasteiger partial charge < -0.3 is 14.8 Å². The number of nitrogens with one attached hydrogen (secondary N) is 1. The second kappa shape index (κ2) is 5.90. The zero-order chi connectivity index (χ0) is 14.8. The summed E-state index contributed by atoms with van der Waals surface area (Å²) in [4.78, 5) is 14.6. The van der Waals surface area contributed by atoms with Gasteiger partial charge in [0.05, 0.1) is 5.52 Å². The van der Waals surface area contributed by atoms with Crippen molar-refractivity contribution in [3.8, 4) is 0 Å². The fourth-order valence-corrected chi connectivity index (χ4v) is 3.21. The molecule has 112 valence electrons. The Hall–Kier alpha value is -1.81. The van der Waals surface area contributed by atoms with Gasteiger partial charge in [-0.15, -0.1) is 0 Å². The minimum Gasteiger partial charge on any atom is -0.380 e. The normalized spacial score (nSPS) is 19.8. The maximum atomic E-state index is 12.1. The van der Waals surface area contributed by atoms with Crippen molar-refractivity contribution in [1.82, 2.24) is 9.47 Å². The first kappa shape index (κ1) is 14.1. The lowest BCUT2D eigenvalue weighted by molar-refractivity contribution is 0.227. The van der Waals surface area contributed by atoms with Crippen LogP contribution >= 0.6 is 0 Å². The Labute approximate surface area is 125 Å². The second-order valence-corrected chi connectivity index (χ2v) is 5.85. The largest absolute Gasteiger partial charge is 0.380 e. The molecule has 1 aliphatic heterocycles. The standard InChI is InChI=1S/C17H23N3O/c1-3-20-10-6-7-13(12-20)18-15-11-17(21)19(2)16-9-5-4-8-14(15)16/h4-5,8-9,11,13,18H,3,6-7,10,12H2,1-2H3. The molecular formula is C17H23N3O. The molecule has 0 spiro atoms. The molecule has 3 rings (SSSR count). The lowest BCUT2D eigenvalue weighted by Gasteiger charge is -2.33. The van der Waals surface area contributed by atoms with Gasteiger partial charge in [0.2, 0.25) is 0 Å². The Kier molecular flexibility index (Phi) is 3.97. The molecule has 1 N–H and O–H groups in total. The van der Waals surface area contributed by atoms with Gasteiger partial charge in [0.1, 0.15) is 0 Å². The molecule has 1 unspecified atom stereocenters. The summed E-state index contributed by atoms with van der Waals surface area (Å²) in [5.41, 5.74) is 1.99. The Balaban J connectivity index is 1.94. The molecule has 1 atom stereocenters. The number of nitrogens with zero attached hydrogens (tertiary/aromatic N) is 2. The minimum atomic E-state index is 0.0411. The van der Waals surface area contributed by atoms with Crippen molar-refractivity contribution < 1.29 is 0 Å². The predicted molar refractivity (Wildman–Crippen MR) is 87.9 cm³/mol. The lowest BCUT2D eigenvalue weighted by atomic mass is 10.0. The number of fused-ring (bicyclic) bond motifs is 1. The van der Waals surface area contributed by atoms with Crippen LogP contribution in [0.4, 0.5) is 5.69 Å². The van der Waals surface area contributed by atoms with E-state index >= 15 is 0 Å². The van der Waals surface area contributed by atoms with E-state index in [2.05, 4.69) is 23.2 Å². The monoisotopic (exact) mass is 285 g/mol. The van der Waals surface area contributed by atoms with Gasteiger partial charge in [0, 0.05) is 36.8 Å². The number of anilines is 1. The Bertz CT molecular complexity index is 692. The fourth-order valence-electron chi connectivity index (χ4n) is 3.21. The quantitative estimate of drug-likeness (QED) is 0.941. The minimum absolute atomic E-state index is 0.0411. The predicted octanol–water partition coefficient (Wildman–Crippen LogP) is 2.43. The number of hydrogen-bond donors (Lipinski definition) is 1. The van der Waals surface area contributed by atoms with Crippen LogP contribution in [0.15, 0.2) is 35.1 Å². The molecule has 0 bridgehead atoms. The summed E-state index contributed by atoms with van der Waals surface area (Å²) in [6.07, 6.45) is 2.38. The van der Waals surface area contributed by atoms with Crippen molar-refractivity contribution in [1.29, 1.82) is 0 Å². The summed E-state index contributed by atoms with van der Waals surface area (Å²) in [7, 11) is 1.83. The van der Waals surface area contributed by atoms with Crippen LogP contribution in [-0.2, 0) is 7.05 Å². The zero-order valence-electron chi connectivity index (χ0n) is 12.8. The van der Waals surface area contributed by atoms with Crippen molar-refractivity contribution in [2.75, 3.05) is 25.0 Å². The molecule has 0 amide bonds. The van der Waals surface area contributed by atoms with E-state index in [0.717, 1.165) is 29.7 Å². The van der Waals surface area contributed by atoms with Gasteiger partial charge in [-0.25, -0.2) is 0 Å². The summed E-state index contributed by atoms with van der Waals surface area (Å²) in [6, 6.07) is 10.2. The highest BCUT2D eigenvalue weighted by atomic mass is 16.1. The van der Waals surface area contributed by atoms with Gasteiger partial charge in [-0.2, -0.15) is 0 Å². The van der Waals surface area contributed by atoms with Crippen molar-refractivity contribution >= 4 is 16.6 Å². The van der Waals surface area contributed by atoms with Crippen LogP contribution in [0.3, 0.4) is 0 Å². The van der Waals surface area contributed by atoms with Crippen molar-refractivity contribution in [2.24, 2.45) is 7.05 Å². The Morgan fingerprint density at radius 3 is 2.95 bits per heavy atom. The van der Waals surface area contributed by atoms with Crippen molar-refractivity contribution in [2.45, 2.75) is 25.8 Å². The first-order valence-electron chi connectivity index (χ1n) is 7.76. The number of benzene rings is 1. The molecule has 1 aromatic carbocycles. The van der Waals surface area contributed by atoms with Gasteiger partial charge in [0.25, 0.3) is 5.56 Å². The number of likely N-dealkylation sites (N-methyl/N-ethyl adjacent to an activating group) is 1. The molecule has 1 fully saturated rings. The third kappa shape index (κ3) is 2.81. The zero-order valence-corrected chi connectivity index (χ0v) is 12.8. The van der Waals surface area contributed by atoms with E-state index in [-0.39, 0.29) is 5.56 Å². The number of aromatic nitrogens is 1. The van der Waals surface area contributed by atoms with E-state index in [1.807, 2.05) is 25.2 Å². The molecule has 4 nitrogen and oxygen atoms in total. The third-order valence-electron chi connectivity index (χ3n) is 4.47. The second-order valence-electron chi connectivity index (χ2n) is 5.85. The number of para-hydroxylation sites is 1. The molecule has 0 saturated carbocycles. The highest BCUT2D eigenvalue weighted by molar-refractivity contribution is 5.91. The van der Waals surface area contributed by atoms with Crippen molar-refractivity contribution in [3.05, 3.63) is 40.7 Å². The average Bonchev–Trinajstić information content (AvgIpc) is 2.52. The highest BCUT2D eigenvalue weighted by Gasteiger charge is 2.19. The summed E-state index contributed by atoms with van der Waals surface area (Å²) in [5.74, 6) is 0. The lowest BCUT2D eigenvalue weighted by Crippen LogP contribution is -2.42. The number of aryl methyl sites for hydroxylation is 1. The molecule has 2 aromatic rings. The van der Waals surface area contributed by atoms with Gasteiger partial charge in [-0.05, 0) is 32.0 Å². The molecule has 1 aliphatic rings. The molecule has 0 aliphatic carbocycles. The van der Waals surface area contributed by atoms with Crippen LogP contribution in [0.2, 0.25) is 0 Å². The van der Waals surface area contributed by atoms with Crippen LogP contribution in [0.5, 0.6) is 0 Å². The molecule has 21 heavy (non-hydrogen) atoms. The molecule has 4 heteroatoms. The van der Waals surface area contributed by atoms with Gasteiger partial charge in [-0.3, -0.25) is 4.79 Å². The van der Waals surface area contributed by atoms with Crippen LogP contribution in [0.1, 0.15) is 19.8 Å². The topological polar surface area (TPSA) is 37.3 Å².